The van der Waals surface area contributed by atoms with Crippen LogP contribution < -0.4 is 21.3 Å². The lowest BCUT2D eigenvalue weighted by Crippen LogP contribution is -2.52. The number of halogens is 1. The number of hydrogen-bond donors (Lipinski definition) is 2. The smallest absolute Gasteiger partial charge is 0.275 e. The first-order chi connectivity index (χ1) is 17.5. The van der Waals surface area contributed by atoms with Crippen LogP contribution in [0.5, 0.6) is 5.75 Å². The van der Waals surface area contributed by atoms with Gasteiger partial charge in [0.2, 0.25) is 5.60 Å². The van der Waals surface area contributed by atoms with E-state index in [-0.39, 0.29) is 28.7 Å². The van der Waals surface area contributed by atoms with E-state index in [1.54, 1.807) is 36.5 Å². The molecule has 5 rings (SSSR count). The first-order valence-electron chi connectivity index (χ1n) is 11.9. The average Bonchev–Trinajstić information content (AvgIpc) is 3.32. The lowest BCUT2D eigenvalue weighted by Gasteiger charge is -2.41. The van der Waals surface area contributed by atoms with Crippen LogP contribution >= 0.6 is 12.4 Å². The Bertz CT molecular complexity index is 1720. The molecule has 1 atom stereocenters. The maximum Gasteiger partial charge on any atom is 0.275 e. The predicted molar refractivity (Wildman–Crippen MR) is 148 cm³/mol. The van der Waals surface area contributed by atoms with Crippen molar-refractivity contribution in [1.82, 2.24) is 8.54 Å². The van der Waals surface area contributed by atoms with Gasteiger partial charge < -0.3 is 20.4 Å². The lowest BCUT2D eigenvalue weighted by atomic mass is 9.80. The molecule has 11 heteroatoms. The van der Waals surface area contributed by atoms with Gasteiger partial charge in [-0.15, -0.1) is 12.4 Å². The molecule has 38 heavy (non-hydrogen) atoms. The molecule has 200 valence electrons. The maximum atomic E-state index is 13.7. The standard InChI is InChI=1S/C27H28N4O5S.ClH/c1-16(2)27(26(33)29-22-13-18(14-28)7-10-23(22)36-27)21-15-30(4)25(32)24-20(21)11-12-31(24)37(34,35)19-8-5-17(3)6-9-19;/h5-13,15-16H,14,28H2,1-4H3,(H,29,33);1H. The highest BCUT2D eigenvalue weighted by atomic mass is 35.5. The van der Waals surface area contributed by atoms with Gasteiger partial charge in [0.1, 0.15) is 11.3 Å². The number of fused-ring (bicyclic) bond motifs is 2. The Kier molecular flexibility index (Phi) is 6.94. The fraction of sp³-hybridized carbons (Fsp3) is 0.259. The van der Waals surface area contributed by atoms with Crippen molar-refractivity contribution in [2.24, 2.45) is 18.7 Å². The normalized spacial score (nSPS) is 17.1. The average molecular weight is 557 g/mol. The summed E-state index contributed by atoms with van der Waals surface area (Å²) in [6, 6.07) is 13.3. The number of aromatic nitrogens is 2. The molecule has 1 aliphatic rings. The number of amides is 1. The van der Waals surface area contributed by atoms with E-state index in [4.69, 9.17) is 10.5 Å². The zero-order chi connectivity index (χ0) is 26.7. The molecule has 2 aromatic heterocycles. The van der Waals surface area contributed by atoms with Crippen LogP contribution in [-0.2, 0) is 34.0 Å². The molecule has 0 spiro atoms. The van der Waals surface area contributed by atoms with E-state index in [1.165, 1.54) is 29.9 Å². The zero-order valence-corrected chi connectivity index (χ0v) is 23.0. The van der Waals surface area contributed by atoms with Crippen molar-refractivity contribution in [2.45, 2.75) is 37.8 Å². The number of pyridine rings is 1. The highest BCUT2D eigenvalue weighted by Crippen LogP contribution is 2.45. The van der Waals surface area contributed by atoms with Gasteiger partial charge in [-0.05, 0) is 42.8 Å². The van der Waals surface area contributed by atoms with Gasteiger partial charge in [0, 0.05) is 42.9 Å². The van der Waals surface area contributed by atoms with Crippen molar-refractivity contribution in [1.29, 1.82) is 0 Å². The van der Waals surface area contributed by atoms with Crippen LogP contribution in [0.1, 0.15) is 30.5 Å². The summed E-state index contributed by atoms with van der Waals surface area (Å²) in [5.41, 5.74) is 6.30. The highest BCUT2D eigenvalue weighted by Gasteiger charge is 2.50. The molecule has 3 N–H and O–H groups in total. The Morgan fingerprint density at radius 1 is 1.08 bits per heavy atom. The summed E-state index contributed by atoms with van der Waals surface area (Å²) in [5, 5.41) is 3.26. The minimum atomic E-state index is -4.09. The first kappa shape index (κ1) is 27.4. The van der Waals surface area contributed by atoms with E-state index < -0.39 is 27.1 Å². The van der Waals surface area contributed by atoms with Gasteiger partial charge in [0.05, 0.1) is 10.6 Å². The third-order valence-electron chi connectivity index (χ3n) is 6.92. The SMILES string of the molecule is Cc1ccc(S(=O)(=O)n2ccc3c(C4(C(C)C)Oc5ccc(CN)cc5NC4=O)cn(C)c(=O)c32)cc1.Cl. The number of nitrogens with zero attached hydrogens (tertiary/aromatic N) is 2. The molecule has 0 fully saturated rings. The third kappa shape index (κ3) is 4.00. The predicted octanol–water partition coefficient (Wildman–Crippen LogP) is 3.65. The second kappa shape index (κ2) is 9.61. The summed E-state index contributed by atoms with van der Waals surface area (Å²) < 4.78 is 35.8. The monoisotopic (exact) mass is 556 g/mol. The summed E-state index contributed by atoms with van der Waals surface area (Å²) in [6.07, 6.45) is 2.90. The van der Waals surface area contributed by atoms with Crippen molar-refractivity contribution < 1.29 is 17.9 Å². The molecule has 1 amide bonds. The van der Waals surface area contributed by atoms with Gasteiger partial charge in [-0.25, -0.2) is 12.4 Å². The minimum Gasteiger partial charge on any atom is -0.470 e. The van der Waals surface area contributed by atoms with Gasteiger partial charge in [-0.3, -0.25) is 9.59 Å². The fourth-order valence-electron chi connectivity index (χ4n) is 4.84. The van der Waals surface area contributed by atoms with Gasteiger partial charge in [0.15, 0.2) is 0 Å². The van der Waals surface area contributed by atoms with Crippen LogP contribution in [0, 0.1) is 12.8 Å². The lowest BCUT2D eigenvalue weighted by molar-refractivity contribution is -0.137. The molecule has 3 heterocycles. The van der Waals surface area contributed by atoms with Crippen molar-refractivity contribution in [3.8, 4) is 5.75 Å². The first-order valence-corrected chi connectivity index (χ1v) is 13.3. The number of benzene rings is 2. The number of hydrogen-bond acceptors (Lipinski definition) is 6. The Hall–Kier alpha value is -3.60. The molecule has 0 radical (unpaired) electrons. The van der Waals surface area contributed by atoms with Crippen LogP contribution in [0.3, 0.4) is 0 Å². The molecule has 4 aromatic rings. The van der Waals surface area contributed by atoms with Crippen molar-refractivity contribution >= 4 is 44.9 Å². The number of anilines is 1. The van der Waals surface area contributed by atoms with Crippen LogP contribution in [0.4, 0.5) is 5.69 Å². The summed E-state index contributed by atoms with van der Waals surface area (Å²) in [6.45, 7) is 5.85. The Labute approximate surface area is 226 Å². The summed E-state index contributed by atoms with van der Waals surface area (Å²) >= 11 is 0. The number of carbonyl (C=O) groups is 1. The van der Waals surface area contributed by atoms with Crippen molar-refractivity contribution in [3.63, 3.8) is 0 Å². The molecule has 0 aliphatic carbocycles. The summed E-state index contributed by atoms with van der Waals surface area (Å²) in [4.78, 5) is 27.1. The molecule has 2 aromatic carbocycles. The van der Waals surface area contributed by atoms with E-state index in [1.807, 2.05) is 26.8 Å². The van der Waals surface area contributed by atoms with Crippen LogP contribution in [0.25, 0.3) is 10.9 Å². The van der Waals surface area contributed by atoms with E-state index in [2.05, 4.69) is 5.32 Å². The molecule has 1 unspecified atom stereocenters. The fourth-order valence-corrected chi connectivity index (χ4v) is 6.19. The highest BCUT2D eigenvalue weighted by molar-refractivity contribution is 7.90. The number of nitrogens with two attached hydrogens (primary N) is 1. The number of aryl methyl sites for hydroxylation is 2. The molecule has 0 saturated carbocycles. The molecule has 0 bridgehead atoms. The number of ether oxygens (including phenoxy) is 1. The van der Waals surface area contributed by atoms with E-state index in [9.17, 15) is 18.0 Å². The van der Waals surface area contributed by atoms with E-state index in [0.29, 0.717) is 28.9 Å². The number of rotatable bonds is 5. The maximum absolute atomic E-state index is 13.7. The van der Waals surface area contributed by atoms with Crippen LogP contribution in [0.15, 0.2) is 70.6 Å². The van der Waals surface area contributed by atoms with Crippen LogP contribution in [0.2, 0.25) is 0 Å². The second-order valence-corrected chi connectivity index (χ2v) is 11.4. The van der Waals surface area contributed by atoms with Gasteiger partial charge in [0.25, 0.3) is 21.5 Å². The van der Waals surface area contributed by atoms with E-state index >= 15 is 0 Å². The van der Waals surface area contributed by atoms with Crippen molar-refractivity contribution in [3.05, 3.63) is 88.0 Å². The van der Waals surface area contributed by atoms with Gasteiger partial charge in [-0.2, -0.15) is 0 Å². The Morgan fingerprint density at radius 3 is 2.39 bits per heavy atom. The zero-order valence-electron chi connectivity index (χ0n) is 21.4. The molecular weight excluding hydrogens is 528 g/mol. The largest absolute Gasteiger partial charge is 0.470 e. The quantitative estimate of drug-likeness (QED) is 0.386. The molecule has 1 aliphatic heterocycles. The summed E-state index contributed by atoms with van der Waals surface area (Å²) in [5.74, 6) is -0.343. The topological polar surface area (TPSA) is 125 Å². The molecule has 9 nitrogen and oxygen atoms in total. The third-order valence-corrected chi connectivity index (χ3v) is 8.61. The second-order valence-electron chi connectivity index (χ2n) is 9.63. The van der Waals surface area contributed by atoms with Crippen LogP contribution in [-0.4, -0.2) is 22.9 Å². The molecule has 0 saturated heterocycles. The van der Waals surface area contributed by atoms with Gasteiger partial charge in [-0.1, -0.05) is 37.6 Å². The Balaban J connectivity index is 0.00000336. The molecular formula is C27H29ClN4O5S. The summed E-state index contributed by atoms with van der Waals surface area (Å²) in [7, 11) is -2.56. The van der Waals surface area contributed by atoms with E-state index in [0.717, 1.165) is 15.1 Å². The van der Waals surface area contributed by atoms with Crippen molar-refractivity contribution in [2.75, 3.05) is 5.32 Å². The number of nitrogens with one attached hydrogen (secondary N) is 1. The van der Waals surface area contributed by atoms with Gasteiger partial charge >= 0.3 is 0 Å². The minimum absolute atomic E-state index is 0. The Morgan fingerprint density at radius 2 is 1.76 bits per heavy atom. The number of carbonyl (C=O) groups excluding carboxylic acids is 1.